The predicted molar refractivity (Wildman–Crippen MR) is 552 cm³/mol. The highest BCUT2D eigenvalue weighted by atomic mass is 16.5. The lowest BCUT2D eigenvalue weighted by Gasteiger charge is -2.23. The third-order valence-electron chi connectivity index (χ3n) is 26.7. The molecule has 12 rings (SSSR count). The Morgan fingerprint density at radius 2 is 0.504 bits per heavy atom. The Morgan fingerprint density at radius 1 is 0.259 bits per heavy atom. The van der Waals surface area contributed by atoms with Crippen LogP contribution in [0.15, 0.2) is 113 Å². The van der Waals surface area contributed by atoms with Crippen LogP contribution in [-0.2, 0) is 61.3 Å². The molecule has 714 valence electrons. The van der Waals surface area contributed by atoms with Gasteiger partial charge in [-0.05, 0) is 278 Å². The molecule has 0 amide bonds. The molecule has 0 spiro atoms. The fourth-order valence-electron chi connectivity index (χ4n) is 19.1. The number of rotatable bonds is 10. The number of Topliss-reactive ketones (excluding diaryl/α,β-unsaturated/α-hetero) is 6. The molecule has 6 aliphatic carbocycles. The SMILES string of the molecule is [C-]#[N+]/C(C(=O)C(C)(C)C)=C1/CC(C)(C)c2c1cc(C)c(OC)c2C.[C-]#[N+]/C(C(=O)C(C)(C)C)=C1/CC(C)(C)c2cc(C)c(C)cc21.[C-]#[N+]/C(C(=O)C(C)(C)C)=C1/CC(C)(C)c2cc(C)ccc21.[C-]#[N+]/C(C(=O)C(C)(C)C)=C1/CC(C)(C)c2cc(OC)c(C)cc21.[C-]#[N+]/C(C(=O)C(C)(C)C)=C1/CC(C)(C)c2cc(OC)c(OC)cc21.[C-]#[N+]/C(C(=O)C(C)(C)C)=C1/CC(C)(C)c2ccc(C)cc21. The van der Waals surface area contributed by atoms with E-state index in [-0.39, 0.29) is 78.6 Å². The minimum atomic E-state index is -0.587. The predicted octanol–water partition coefficient (Wildman–Crippen LogP) is 29.9. The van der Waals surface area contributed by atoms with E-state index in [4.69, 9.17) is 58.4 Å². The average molecular weight is 1820 g/mol. The second-order valence-corrected chi connectivity index (χ2v) is 47.4. The Balaban J connectivity index is 0.000000221. The van der Waals surface area contributed by atoms with Crippen molar-refractivity contribution in [3.05, 3.63) is 287 Å². The van der Waals surface area contributed by atoms with Crippen LogP contribution in [0.25, 0.3) is 62.5 Å². The fraction of sp³-hybridized carbons (Fsp3) is 0.496. The van der Waals surface area contributed by atoms with Crippen molar-refractivity contribution in [1.82, 2.24) is 0 Å². The maximum Gasteiger partial charge on any atom is 0.233 e. The molecule has 16 nitrogen and oxygen atoms in total. The zero-order chi connectivity index (χ0) is 103. The third kappa shape index (κ3) is 23.0. The number of carbonyl (C=O) groups excluding carboxylic acids is 6. The number of hydrogen-bond acceptors (Lipinski definition) is 10. The van der Waals surface area contributed by atoms with Crippen molar-refractivity contribution in [2.45, 2.75) is 327 Å². The van der Waals surface area contributed by atoms with Crippen LogP contribution in [0.3, 0.4) is 0 Å². The topological polar surface area (TPSA) is 166 Å². The number of benzene rings is 6. The van der Waals surface area contributed by atoms with Crippen LogP contribution in [-0.4, -0.2) is 63.1 Å². The van der Waals surface area contributed by atoms with Gasteiger partial charge in [-0.1, -0.05) is 267 Å². The summed E-state index contributed by atoms with van der Waals surface area (Å²) in [4.78, 5) is 97.9. The Labute approximate surface area is 809 Å². The first kappa shape index (κ1) is 110. The third-order valence-corrected chi connectivity index (χ3v) is 26.7. The second kappa shape index (κ2) is 39.7. The van der Waals surface area contributed by atoms with Crippen LogP contribution < -0.4 is 18.9 Å². The van der Waals surface area contributed by atoms with Crippen molar-refractivity contribution in [3.8, 4) is 23.0 Å². The van der Waals surface area contributed by atoms with Gasteiger partial charge in [-0.15, -0.1) is 0 Å². The van der Waals surface area contributed by atoms with Crippen molar-refractivity contribution in [2.24, 2.45) is 32.5 Å². The highest BCUT2D eigenvalue weighted by molar-refractivity contribution is 6.12. The van der Waals surface area contributed by atoms with Gasteiger partial charge >= 0.3 is 0 Å². The molecular formula is C119H148N6O10. The second-order valence-electron chi connectivity index (χ2n) is 47.4. The van der Waals surface area contributed by atoms with Gasteiger partial charge in [-0.25, -0.2) is 29.1 Å². The molecule has 0 aliphatic heterocycles. The number of aryl methyl sites for hydroxylation is 6. The summed E-state index contributed by atoms with van der Waals surface area (Å²) in [5, 5.41) is 0. The molecule has 0 saturated heterocycles. The van der Waals surface area contributed by atoms with E-state index in [2.05, 4.69) is 207 Å². The van der Waals surface area contributed by atoms with Gasteiger partial charge in [0.15, 0.2) is 46.2 Å². The lowest BCUT2D eigenvalue weighted by atomic mass is 9.83. The number of ketones is 6. The normalized spacial score (nSPS) is 18.4. The smallest absolute Gasteiger partial charge is 0.233 e. The molecule has 0 N–H and O–H groups in total. The van der Waals surface area contributed by atoms with Crippen molar-refractivity contribution >= 4 is 68.1 Å². The highest BCUT2D eigenvalue weighted by Crippen LogP contribution is 2.57. The molecule has 6 aromatic rings. The Hall–Kier alpha value is -12.1. The van der Waals surface area contributed by atoms with Gasteiger partial charge in [0.05, 0.1) is 67.9 Å². The van der Waals surface area contributed by atoms with Crippen LogP contribution in [0.5, 0.6) is 23.0 Å². The summed E-state index contributed by atoms with van der Waals surface area (Å²) in [7, 11) is 6.55. The van der Waals surface area contributed by atoms with Gasteiger partial charge < -0.3 is 47.7 Å². The first-order valence-electron chi connectivity index (χ1n) is 46.6. The van der Waals surface area contributed by atoms with Crippen molar-refractivity contribution in [2.75, 3.05) is 28.4 Å². The minimum absolute atomic E-state index is 0.0214. The highest BCUT2D eigenvalue weighted by Gasteiger charge is 2.47. The first-order chi connectivity index (χ1) is 61.7. The first-order valence-corrected chi connectivity index (χ1v) is 46.6. The molecule has 0 bridgehead atoms. The summed E-state index contributed by atoms with van der Waals surface area (Å²) in [5.74, 6) is 2.57. The number of ether oxygens (including phenoxy) is 4. The van der Waals surface area contributed by atoms with E-state index in [1.165, 1.54) is 38.9 Å². The number of allylic oxidation sites excluding steroid dienone is 12. The summed E-state index contributed by atoms with van der Waals surface area (Å²) in [6.07, 6.45) is 4.32. The molecule has 0 heterocycles. The summed E-state index contributed by atoms with van der Waals surface area (Å²) in [6, 6.07) is 27.1. The van der Waals surface area contributed by atoms with E-state index >= 15 is 0 Å². The van der Waals surface area contributed by atoms with Crippen molar-refractivity contribution in [3.63, 3.8) is 0 Å². The van der Waals surface area contributed by atoms with Crippen LogP contribution in [0.1, 0.15) is 352 Å². The number of fused-ring (bicyclic) bond motifs is 6. The number of nitrogens with zero attached hydrogens (tertiary/aromatic N) is 6. The average Bonchev–Trinajstić information content (AvgIpc) is 1.59. The largest absolute Gasteiger partial charge is 0.496 e. The van der Waals surface area contributed by atoms with Crippen LogP contribution >= 0.6 is 0 Å². The van der Waals surface area contributed by atoms with E-state index in [1.54, 1.807) is 28.4 Å². The van der Waals surface area contributed by atoms with E-state index in [9.17, 15) is 28.8 Å². The van der Waals surface area contributed by atoms with Gasteiger partial charge in [-0.3, -0.25) is 0 Å². The van der Waals surface area contributed by atoms with Crippen LogP contribution in [0, 0.1) is 120 Å². The van der Waals surface area contributed by atoms with Crippen LogP contribution in [0.4, 0.5) is 0 Å². The van der Waals surface area contributed by atoms with E-state index in [0.717, 1.165) is 131 Å². The van der Waals surface area contributed by atoms with Gasteiger partial charge in [-0.2, -0.15) is 0 Å². The molecule has 0 saturated carbocycles. The van der Waals surface area contributed by atoms with Crippen molar-refractivity contribution in [1.29, 1.82) is 0 Å². The van der Waals surface area contributed by atoms with Gasteiger partial charge in [0.2, 0.25) is 34.2 Å². The van der Waals surface area contributed by atoms with Gasteiger partial charge in [0.25, 0.3) is 0 Å². The Kier molecular flexibility index (Phi) is 32.3. The van der Waals surface area contributed by atoms with E-state index < -0.39 is 32.5 Å². The quantitative estimate of drug-likeness (QED) is 0.0952. The fourth-order valence-corrected chi connectivity index (χ4v) is 19.1. The summed E-state index contributed by atoms with van der Waals surface area (Å²) < 4.78 is 21.8. The molecule has 6 aromatic carbocycles. The zero-order valence-electron chi connectivity index (χ0n) is 89.0. The maximum absolute atomic E-state index is 12.8. The van der Waals surface area contributed by atoms with E-state index in [1.807, 2.05) is 158 Å². The monoisotopic (exact) mass is 1820 g/mol. The lowest BCUT2D eigenvalue weighted by molar-refractivity contribution is -0.122. The molecular weight excluding hydrogens is 1670 g/mol. The molecule has 0 fully saturated rings. The Bertz CT molecular complexity index is 6340. The van der Waals surface area contributed by atoms with Gasteiger partial charge in [0.1, 0.15) is 11.5 Å². The van der Waals surface area contributed by atoms with Crippen LogP contribution in [0.2, 0.25) is 0 Å². The summed E-state index contributed by atoms with van der Waals surface area (Å²) in [5.41, 5.74) is 24.8. The molecule has 0 radical (unpaired) electrons. The number of carbonyl (C=O) groups is 6. The minimum Gasteiger partial charge on any atom is -0.496 e. The zero-order valence-corrected chi connectivity index (χ0v) is 89.0. The lowest BCUT2D eigenvalue weighted by Crippen LogP contribution is -2.21. The summed E-state index contributed by atoms with van der Waals surface area (Å²) in [6.45, 7) is 119. The molecule has 0 aromatic heterocycles. The summed E-state index contributed by atoms with van der Waals surface area (Å²) >= 11 is 0. The van der Waals surface area contributed by atoms with E-state index in [0.29, 0.717) is 53.5 Å². The number of methoxy groups -OCH3 is 4. The Morgan fingerprint density at radius 3 is 0.830 bits per heavy atom. The standard InChI is InChI=1S/C21H27NO2.C20H25NO3.C20H25NO2.C20H25NO.2C19H23NO/c1-12-10-14-15(17(22-8)19(23)20(3,4)5)11-21(6,7)16(14)13(2)18(12)24-9;1-19(2,3)18(22)17(21-6)13-11-20(4,5)14-10-16(24-8)15(23-7)9-12(13)14;1-12-9-13-14(17(21-7)18(22)19(2,3)4)11-20(5,6)15(13)10-16(12)23-8;1-12-9-14-15(17(21-8)18(22)19(3,4)5)11-20(6,7)16(14)10-13(12)2;1-12-8-9-15-13(10-12)14(11-19(15,5)6)16(20-7)17(21)18(2,3)4;1-12-8-9-13-14(11-19(5,6)15(13)10-12)16(20-7)17(21)18(2,3)4/h10H,11H2,1-7,9H3;9-10H,11H2,1-5,7-8H3;9-10H,11H2,1-6,8H3;9-10H,11H2,1-7H3;2*8-10H,11H2,1-6H3/b17-15-;17-13-;17-14-;17-15-;2*16-14-. The molecule has 0 atom stereocenters. The molecule has 16 heteroatoms. The van der Waals surface area contributed by atoms with Crippen molar-refractivity contribution < 1.29 is 47.7 Å². The molecule has 0 unspecified atom stereocenters. The maximum atomic E-state index is 12.8. The molecule has 135 heavy (non-hydrogen) atoms. The van der Waals surface area contributed by atoms with Gasteiger partial charge in [0, 0.05) is 32.5 Å². The number of hydrogen-bond donors (Lipinski definition) is 0. The molecule has 6 aliphatic rings.